The molecule has 21 heavy (non-hydrogen) atoms. The van der Waals surface area contributed by atoms with Crippen LogP contribution in [0.15, 0.2) is 18.2 Å². The molecule has 1 fully saturated rings. The molecular weight excluding hydrogens is 292 g/mol. The van der Waals surface area contributed by atoms with Crippen LogP contribution in [0.1, 0.15) is 24.2 Å². The van der Waals surface area contributed by atoms with Crippen molar-refractivity contribution in [3.05, 3.63) is 33.9 Å². The van der Waals surface area contributed by atoms with E-state index in [0.29, 0.717) is 29.2 Å². The van der Waals surface area contributed by atoms with Crippen LogP contribution < -0.4 is 11.3 Å². The first-order valence-electron chi connectivity index (χ1n) is 6.62. The fourth-order valence-electron chi connectivity index (χ4n) is 2.46. The van der Waals surface area contributed by atoms with Gasteiger partial charge in [-0.2, -0.15) is 11.8 Å². The number of nitrogens with one attached hydrogen (secondary N) is 1. The maximum absolute atomic E-state index is 12.5. The standard InChI is InChI=1S/C13H18N4O3S/c1-8-6-16(7-9(2)21-8)13(18)10-3-4-11(15-14)12(5-10)17(19)20/h3-5,8-9,15H,6-7,14H2,1-2H3. The predicted molar refractivity (Wildman–Crippen MR) is 83.3 cm³/mol. The van der Waals surface area contributed by atoms with E-state index in [0.717, 1.165) is 0 Å². The molecule has 1 aromatic carbocycles. The van der Waals surface area contributed by atoms with Crippen LogP contribution in [0.5, 0.6) is 0 Å². The smallest absolute Gasteiger partial charge is 0.294 e. The molecule has 114 valence electrons. The molecule has 2 rings (SSSR count). The van der Waals surface area contributed by atoms with Gasteiger partial charge in [-0.25, -0.2) is 0 Å². The summed E-state index contributed by atoms with van der Waals surface area (Å²) in [5, 5.41) is 11.7. The van der Waals surface area contributed by atoms with Crippen LogP contribution in [-0.4, -0.2) is 39.3 Å². The lowest BCUT2D eigenvalue weighted by atomic mass is 10.1. The number of nitro benzene ring substituents is 1. The van der Waals surface area contributed by atoms with Gasteiger partial charge < -0.3 is 10.3 Å². The molecule has 1 heterocycles. The van der Waals surface area contributed by atoms with Gasteiger partial charge in [0, 0.05) is 35.2 Å². The maximum Gasteiger partial charge on any atom is 0.294 e. The second-order valence-electron chi connectivity index (χ2n) is 5.10. The number of carbonyl (C=O) groups is 1. The van der Waals surface area contributed by atoms with Crippen molar-refractivity contribution >= 4 is 29.0 Å². The van der Waals surface area contributed by atoms with Gasteiger partial charge in [0.1, 0.15) is 5.69 Å². The Hall–Kier alpha value is -1.80. The normalized spacial score (nSPS) is 22.0. The first-order valence-corrected chi connectivity index (χ1v) is 7.56. The van der Waals surface area contributed by atoms with Gasteiger partial charge in [-0.05, 0) is 12.1 Å². The SMILES string of the molecule is CC1CN(C(=O)c2ccc(NN)c([N+](=O)[O-])c2)CC(C)S1. The van der Waals surface area contributed by atoms with Crippen molar-refractivity contribution < 1.29 is 9.72 Å². The molecule has 8 heteroatoms. The summed E-state index contributed by atoms with van der Waals surface area (Å²) in [5.74, 6) is 5.06. The Morgan fingerprint density at radius 2 is 2.05 bits per heavy atom. The van der Waals surface area contributed by atoms with E-state index in [1.165, 1.54) is 12.1 Å². The Kier molecular flexibility index (Phi) is 4.69. The number of rotatable bonds is 3. The molecule has 2 unspecified atom stereocenters. The fourth-order valence-corrected chi connectivity index (χ4v) is 3.79. The van der Waals surface area contributed by atoms with Crippen molar-refractivity contribution in [2.45, 2.75) is 24.3 Å². The maximum atomic E-state index is 12.5. The average Bonchev–Trinajstić information content (AvgIpc) is 2.44. The number of nitrogens with zero attached hydrogens (tertiary/aromatic N) is 2. The van der Waals surface area contributed by atoms with Gasteiger partial charge in [-0.3, -0.25) is 20.8 Å². The third-order valence-electron chi connectivity index (χ3n) is 3.30. The molecule has 1 aromatic rings. The van der Waals surface area contributed by atoms with Gasteiger partial charge in [0.05, 0.1) is 4.92 Å². The van der Waals surface area contributed by atoms with E-state index >= 15 is 0 Å². The molecule has 1 amide bonds. The quantitative estimate of drug-likeness (QED) is 0.502. The number of nitrogen functional groups attached to an aromatic ring is 1. The minimum atomic E-state index is -0.552. The molecule has 0 aliphatic carbocycles. The zero-order valence-corrected chi connectivity index (χ0v) is 12.7. The molecule has 7 nitrogen and oxygen atoms in total. The number of nitro groups is 1. The van der Waals surface area contributed by atoms with Gasteiger partial charge in [-0.15, -0.1) is 0 Å². The van der Waals surface area contributed by atoms with E-state index in [1.807, 2.05) is 11.8 Å². The third-order valence-corrected chi connectivity index (χ3v) is 4.53. The lowest BCUT2D eigenvalue weighted by Gasteiger charge is -2.34. The summed E-state index contributed by atoms with van der Waals surface area (Å²) in [6.07, 6.45) is 0. The average molecular weight is 310 g/mol. The minimum Gasteiger partial charge on any atom is -0.336 e. The molecule has 1 aliphatic heterocycles. The van der Waals surface area contributed by atoms with Crippen LogP contribution >= 0.6 is 11.8 Å². The number of nitrogens with two attached hydrogens (primary N) is 1. The number of hydrogen-bond acceptors (Lipinski definition) is 6. The first-order chi connectivity index (χ1) is 9.92. The minimum absolute atomic E-state index is 0.180. The monoisotopic (exact) mass is 310 g/mol. The molecule has 3 N–H and O–H groups in total. The van der Waals surface area contributed by atoms with Crippen molar-refractivity contribution in [1.29, 1.82) is 0 Å². The molecule has 0 radical (unpaired) electrons. The summed E-state index contributed by atoms with van der Waals surface area (Å²) in [5.41, 5.74) is 2.57. The lowest BCUT2D eigenvalue weighted by Crippen LogP contribution is -2.44. The van der Waals surface area contributed by atoms with Crippen molar-refractivity contribution in [3.63, 3.8) is 0 Å². The second-order valence-corrected chi connectivity index (χ2v) is 6.98. The highest BCUT2D eigenvalue weighted by Crippen LogP contribution is 2.28. The van der Waals surface area contributed by atoms with E-state index in [1.54, 1.807) is 11.0 Å². The number of amides is 1. The first kappa shape index (κ1) is 15.6. The van der Waals surface area contributed by atoms with Crippen LogP contribution in [0.2, 0.25) is 0 Å². The van der Waals surface area contributed by atoms with E-state index < -0.39 is 4.92 Å². The Balaban J connectivity index is 2.27. The summed E-state index contributed by atoms with van der Waals surface area (Å²) in [7, 11) is 0. The molecule has 0 spiro atoms. The lowest BCUT2D eigenvalue weighted by molar-refractivity contribution is -0.384. The Bertz CT molecular complexity index is 556. The highest BCUT2D eigenvalue weighted by molar-refractivity contribution is 8.00. The molecule has 2 atom stereocenters. The van der Waals surface area contributed by atoms with Gasteiger partial charge in [0.2, 0.25) is 0 Å². The number of benzene rings is 1. The molecule has 1 aliphatic rings. The van der Waals surface area contributed by atoms with Crippen LogP contribution in [0.4, 0.5) is 11.4 Å². The third kappa shape index (κ3) is 3.45. The molecule has 0 aromatic heterocycles. The van der Waals surface area contributed by atoms with E-state index in [9.17, 15) is 14.9 Å². The van der Waals surface area contributed by atoms with Gasteiger partial charge in [0.15, 0.2) is 0 Å². The Morgan fingerprint density at radius 1 is 1.43 bits per heavy atom. The molecule has 1 saturated heterocycles. The fraction of sp³-hybridized carbons (Fsp3) is 0.462. The van der Waals surface area contributed by atoms with Crippen molar-refractivity contribution in [3.8, 4) is 0 Å². The largest absolute Gasteiger partial charge is 0.336 e. The highest BCUT2D eigenvalue weighted by atomic mass is 32.2. The number of anilines is 1. The van der Waals surface area contributed by atoms with Crippen LogP contribution in [0.3, 0.4) is 0 Å². The summed E-state index contributed by atoms with van der Waals surface area (Å²) >= 11 is 1.84. The number of hydrazine groups is 1. The summed E-state index contributed by atoms with van der Waals surface area (Å²) in [6.45, 7) is 5.45. The number of hydrogen-bond donors (Lipinski definition) is 2. The Morgan fingerprint density at radius 3 is 2.57 bits per heavy atom. The second kappa shape index (κ2) is 6.31. The summed E-state index contributed by atoms with van der Waals surface area (Å²) < 4.78 is 0. The van der Waals surface area contributed by atoms with E-state index in [4.69, 9.17) is 5.84 Å². The van der Waals surface area contributed by atoms with Crippen molar-refractivity contribution in [1.82, 2.24) is 4.90 Å². The number of carbonyl (C=O) groups excluding carboxylic acids is 1. The summed E-state index contributed by atoms with van der Waals surface area (Å²) in [4.78, 5) is 24.7. The molecule has 0 bridgehead atoms. The van der Waals surface area contributed by atoms with E-state index in [2.05, 4.69) is 19.3 Å². The van der Waals surface area contributed by atoms with E-state index in [-0.39, 0.29) is 17.3 Å². The van der Waals surface area contributed by atoms with Crippen molar-refractivity contribution in [2.24, 2.45) is 5.84 Å². The number of thioether (sulfide) groups is 1. The van der Waals surface area contributed by atoms with Gasteiger partial charge in [0.25, 0.3) is 11.6 Å². The molecule has 0 saturated carbocycles. The zero-order chi connectivity index (χ0) is 15.6. The molecular formula is C13H18N4O3S. The Labute approximate surface area is 127 Å². The summed E-state index contributed by atoms with van der Waals surface area (Å²) in [6, 6.07) is 4.28. The topological polar surface area (TPSA) is 102 Å². The van der Waals surface area contributed by atoms with Crippen LogP contribution in [0, 0.1) is 10.1 Å². The van der Waals surface area contributed by atoms with Crippen molar-refractivity contribution in [2.75, 3.05) is 18.5 Å². The predicted octanol–water partition coefficient (Wildman–Crippen LogP) is 1.85. The van der Waals surface area contributed by atoms with Crippen LogP contribution in [-0.2, 0) is 0 Å². The highest BCUT2D eigenvalue weighted by Gasteiger charge is 2.27. The van der Waals surface area contributed by atoms with Gasteiger partial charge in [-0.1, -0.05) is 13.8 Å². The van der Waals surface area contributed by atoms with Gasteiger partial charge >= 0.3 is 0 Å². The van der Waals surface area contributed by atoms with Crippen LogP contribution in [0.25, 0.3) is 0 Å². The zero-order valence-electron chi connectivity index (χ0n) is 11.9.